The molecule has 0 aromatic heterocycles. The summed E-state index contributed by atoms with van der Waals surface area (Å²) in [5.74, 6) is -0.802. The summed E-state index contributed by atoms with van der Waals surface area (Å²) in [6, 6.07) is 6.95. The molecule has 1 atom stereocenters. The molecule has 2 rings (SSSR count). The average molecular weight is 357 g/mol. The van der Waals surface area contributed by atoms with Gasteiger partial charge in [0.1, 0.15) is 6.61 Å². The Hall–Kier alpha value is -1.44. The summed E-state index contributed by atoms with van der Waals surface area (Å²) in [7, 11) is 0. The van der Waals surface area contributed by atoms with Gasteiger partial charge in [0.05, 0.1) is 18.3 Å². The minimum absolute atomic E-state index is 0.0765. The maximum Gasteiger partial charge on any atom is 0.270 e. The van der Waals surface area contributed by atoms with Crippen molar-refractivity contribution in [2.45, 2.75) is 18.9 Å². The van der Waals surface area contributed by atoms with Gasteiger partial charge in [-0.2, -0.15) is 0 Å². The summed E-state index contributed by atoms with van der Waals surface area (Å²) < 4.78 is 11.3. The number of hydrogen-bond donors (Lipinski definition) is 2. The summed E-state index contributed by atoms with van der Waals surface area (Å²) in [6.45, 7) is 1.03. The van der Waals surface area contributed by atoms with Gasteiger partial charge >= 0.3 is 0 Å². The van der Waals surface area contributed by atoms with Crippen LogP contribution in [0.4, 0.5) is 0 Å². The average Bonchev–Trinajstić information content (AvgIpc) is 2.98. The highest BCUT2D eigenvalue weighted by molar-refractivity contribution is 9.10. The number of hydrogen-bond acceptors (Lipinski definition) is 4. The molecular weight excluding hydrogens is 340 g/mol. The fourth-order valence-corrected chi connectivity index (χ4v) is 2.40. The van der Waals surface area contributed by atoms with E-state index in [4.69, 9.17) is 9.47 Å². The Morgan fingerprint density at radius 1 is 1.33 bits per heavy atom. The van der Waals surface area contributed by atoms with Crippen molar-refractivity contribution in [3.8, 4) is 0 Å². The molecule has 0 radical (unpaired) electrons. The van der Waals surface area contributed by atoms with Crippen molar-refractivity contribution >= 4 is 27.7 Å². The summed E-state index contributed by atoms with van der Waals surface area (Å²) in [5.41, 5.74) is 5.09. The summed E-state index contributed by atoms with van der Waals surface area (Å²) >= 11 is 3.27. The lowest BCUT2D eigenvalue weighted by molar-refractivity contribution is -0.127. The second-order valence-electron chi connectivity index (χ2n) is 4.63. The molecule has 7 heteroatoms. The number of rotatable bonds is 5. The van der Waals surface area contributed by atoms with E-state index in [0.29, 0.717) is 16.6 Å². The molecule has 1 saturated heterocycles. The Kier molecular flexibility index (Phi) is 6.16. The monoisotopic (exact) mass is 356 g/mol. The first kappa shape index (κ1) is 15.9. The first-order valence-electron chi connectivity index (χ1n) is 6.70. The highest BCUT2D eigenvalue weighted by Crippen LogP contribution is 2.15. The van der Waals surface area contributed by atoms with Gasteiger partial charge in [-0.25, -0.2) is 0 Å². The molecule has 1 aliphatic rings. The topological polar surface area (TPSA) is 76.7 Å². The van der Waals surface area contributed by atoms with Crippen LogP contribution in [0.5, 0.6) is 0 Å². The highest BCUT2D eigenvalue weighted by Gasteiger charge is 2.16. The fourth-order valence-electron chi connectivity index (χ4n) is 1.93. The highest BCUT2D eigenvalue weighted by atomic mass is 79.9. The van der Waals surface area contributed by atoms with Crippen molar-refractivity contribution in [1.29, 1.82) is 0 Å². The predicted octanol–water partition coefficient (Wildman–Crippen LogP) is 1.41. The lowest BCUT2D eigenvalue weighted by atomic mass is 10.2. The Morgan fingerprint density at radius 3 is 2.86 bits per heavy atom. The van der Waals surface area contributed by atoms with Crippen LogP contribution in [-0.4, -0.2) is 37.7 Å². The Balaban J connectivity index is 1.66. The number of amides is 2. The van der Waals surface area contributed by atoms with Crippen LogP contribution in [-0.2, 0) is 14.3 Å². The SMILES string of the molecule is O=C(COCC1CCCO1)NNC(=O)c1ccccc1Br. The third-order valence-electron chi connectivity index (χ3n) is 2.99. The first-order valence-corrected chi connectivity index (χ1v) is 7.49. The van der Waals surface area contributed by atoms with Gasteiger partial charge in [-0.3, -0.25) is 20.4 Å². The molecule has 6 nitrogen and oxygen atoms in total. The smallest absolute Gasteiger partial charge is 0.270 e. The van der Waals surface area contributed by atoms with Crippen LogP contribution >= 0.6 is 15.9 Å². The standard InChI is InChI=1S/C14H17BrN2O4/c15-12-6-2-1-5-11(12)14(19)17-16-13(18)9-20-8-10-4-3-7-21-10/h1-2,5-6,10H,3-4,7-9H2,(H,16,18)(H,17,19). The van der Waals surface area contributed by atoms with Crippen molar-refractivity contribution in [3.05, 3.63) is 34.3 Å². The molecule has 114 valence electrons. The molecule has 1 aromatic carbocycles. The van der Waals surface area contributed by atoms with Crippen LogP contribution in [0.3, 0.4) is 0 Å². The van der Waals surface area contributed by atoms with Crippen LogP contribution in [0.1, 0.15) is 23.2 Å². The van der Waals surface area contributed by atoms with Crippen LogP contribution in [0, 0.1) is 0 Å². The Bertz CT molecular complexity index is 504. The number of benzene rings is 1. The van der Waals surface area contributed by atoms with E-state index >= 15 is 0 Å². The number of halogens is 1. The van der Waals surface area contributed by atoms with Gasteiger partial charge in [-0.15, -0.1) is 0 Å². The zero-order valence-corrected chi connectivity index (χ0v) is 13.0. The molecule has 1 unspecified atom stereocenters. The fraction of sp³-hybridized carbons (Fsp3) is 0.429. The van der Waals surface area contributed by atoms with Gasteiger partial charge in [0.25, 0.3) is 11.8 Å². The van der Waals surface area contributed by atoms with E-state index in [1.165, 1.54) is 0 Å². The van der Waals surface area contributed by atoms with Gasteiger partial charge < -0.3 is 9.47 Å². The number of hydrazine groups is 1. The van der Waals surface area contributed by atoms with Gasteiger partial charge in [0.2, 0.25) is 0 Å². The zero-order chi connectivity index (χ0) is 15.1. The largest absolute Gasteiger partial charge is 0.376 e. The molecule has 1 aromatic rings. The van der Waals surface area contributed by atoms with Crippen molar-refractivity contribution in [2.24, 2.45) is 0 Å². The lowest BCUT2D eigenvalue weighted by Crippen LogP contribution is -2.43. The first-order chi connectivity index (χ1) is 10.2. The maximum atomic E-state index is 11.8. The van der Waals surface area contributed by atoms with Crippen LogP contribution in [0.25, 0.3) is 0 Å². The molecular formula is C14H17BrN2O4. The normalized spacial score (nSPS) is 17.5. The maximum absolute atomic E-state index is 11.8. The lowest BCUT2D eigenvalue weighted by Gasteiger charge is -2.11. The van der Waals surface area contributed by atoms with Crippen molar-refractivity contribution in [3.63, 3.8) is 0 Å². The van der Waals surface area contributed by atoms with E-state index < -0.39 is 11.8 Å². The number of ether oxygens (including phenoxy) is 2. The van der Waals surface area contributed by atoms with Gasteiger partial charge in [0.15, 0.2) is 0 Å². The Morgan fingerprint density at radius 2 is 2.14 bits per heavy atom. The van der Waals surface area contributed by atoms with Gasteiger partial charge in [-0.1, -0.05) is 12.1 Å². The van der Waals surface area contributed by atoms with E-state index in [1.54, 1.807) is 24.3 Å². The molecule has 1 aliphatic heterocycles. The molecule has 21 heavy (non-hydrogen) atoms. The molecule has 0 aliphatic carbocycles. The van der Waals surface area contributed by atoms with Crippen molar-refractivity contribution in [1.82, 2.24) is 10.9 Å². The van der Waals surface area contributed by atoms with E-state index in [1.807, 2.05) is 0 Å². The molecule has 2 amide bonds. The summed E-state index contributed by atoms with van der Waals surface area (Å²) in [4.78, 5) is 23.4. The van der Waals surface area contributed by atoms with Crippen molar-refractivity contribution in [2.75, 3.05) is 19.8 Å². The van der Waals surface area contributed by atoms with Crippen LogP contribution < -0.4 is 10.9 Å². The molecule has 0 saturated carbocycles. The second-order valence-corrected chi connectivity index (χ2v) is 5.49. The van der Waals surface area contributed by atoms with E-state index in [2.05, 4.69) is 26.8 Å². The van der Waals surface area contributed by atoms with E-state index in [-0.39, 0.29) is 12.7 Å². The summed E-state index contributed by atoms with van der Waals surface area (Å²) in [5, 5.41) is 0. The number of nitrogens with one attached hydrogen (secondary N) is 2. The quantitative estimate of drug-likeness (QED) is 0.782. The van der Waals surface area contributed by atoms with Crippen LogP contribution in [0.15, 0.2) is 28.7 Å². The van der Waals surface area contributed by atoms with Crippen LogP contribution in [0.2, 0.25) is 0 Å². The molecule has 0 bridgehead atoms. The third-order valence-corrected chi connectivity index (χ3v) is 3.69. The third kappa shape index (κ3) is 5.11. The van der Waals surface area contributed by atoms with Crippen molar-refractivity contribution < 1.29 is 19.1 Å². The van der Waals surface area contributed by atoms with E-state index in [0.717, 1.165) is 19.4 Å². The van der Waals surface area contributed by atoms with Gasteiger partial charge in [0, 0.05) is 11.1 Å². The van der Waals surface area contributed by atoms with E-state index in [9.17, 15) is 9.59 Å². The summed E-state index contributed by atoms with van der Waals surface area (Å²) in [6.07, 6.45) is 2.07. The minimum atomic E-state index is -0.409. The second kappa shape index (κ2) is 8.11. The molecule has 1 heterocycles. The number of carbonyl (C=O) groups excluding carboxylic acids is 2. The molecule has 0 spiro atoms. The predicted molar refractivity (Wildman–Crippen MR) is 79.5 cm³/mol. The Labute approximate surface area is 131 Å². The molecule has 2 N–H and O–H groups in total. The number of carbonyl (C=O) groups is 2. The molecule has 1 fully saturated rings. The van der Waals surface area contributed by atoms with Gasteiger partial charge in [-0.05, 0) is 40.9 Å². The minimum Gasteiger partial charge on any atom is -0.376 e. The zero-order valence-electron chi connectivity index (χ0n) is 11.4.